The zero-order chi connectivity index (χ0) is 14.8. The van der Waals surface area contributed by atoms with Crippen LogP contribution in [0.1, 0.15) is 38.5 Å². The fraction of sp³-hybridized carbons (Fsp3) is 0.714. The lowest BCUT2D eigenvalue weighted by molar-refractivity contribution is 0.415. The minimum Gasteiger partial charge on any atom is -0.309 e. The maximum atomic E-state index is 12.2. The molecule has 1 aromatic heterocycles. The van der Waals surface area contributed by atoms with Gasteiger partial charge in [-0.2, -0.15) is 0 Å². The van der Waals surface area contributed by atoms with E-state index in [1.54, 1.807) is 6.07 Å². The summed E-state index contributed by atoms with van der Waals surface area (Å²) in [6.07, 6.45) is 2.48. The van der Waals surface area contributed by atoms with Crippen LogP contribution in [0.5, 0.6) is 0 Å². The van der Waals surface area contributed by atoms with E-state index in [1.807, 2.05) is 6.07 Å². The first kappa shape index (κ1) is 15.9. The molecule has 0 aromatic carbocycles. The van der Waals surface area contributed by atoms with Crippen LogP contribution in [0.25, 0.3) is 0 Å². The molecule has 0 spiro atoms. The summed E-state index contributed by atoms with van der Waals surface area (Å²) < 4.78 is 27.5. The number of thiophene rings is 1. The van der Waals surface area contributed by atoms with Crippen molar-refractivity contribution < 1.29 is 8.42 Å². The van der Waals surface area contributed by atoms with Gasteiger partial charge < -0.3 is 5.32 Å². The molecule has 1 fully saturated rings. The highest BCUT2D eigenvalue weighted by molar-refractivity contribution is 7.91. The van der Waals surface area contributed by atoms with Gasteiger partial charge in [-0.05, 0) is 36.8 Å². The van der Waals surface area contributed by atoms with Gasteiger partial charge in [0.15, 0.2) is 0 Å². The molecule has 114 valence electrons. The van der Waals surface area contributed by atoms with E-state index in [1.165, 1.54) is 24.2 Å². The van der Waals surface area contributed by atoms with E-state index < -0.39 is 10.0 Å². The van der Waals surface area contributed by atoms with Gasteiger partial charge in [-0.1, -0.05) is 20.8 Å². The van der Waals surface area contributed by atoms with Crippen LogP contribution in [0.2, 0.25) is 0 Å². The maximum Gasteiger partial charge on any atom is 0.250 e. The number of hydrogen-bond donors (Lipinski definition) is 2. The molecular formula is C14H24N2O2S2. The van der Waals surface area contributed by atoms with Crippen LogP contribution in [0.3, 0.4) is 0 Å². The molecule has 1 unspecified atom stereocenters. The Morgan fingerprint density at radius 1 is 1.30 bits per heavy atom. The fourth-order valence-corrected chi connectivity index (χ4v) is 4.17. The molecule has 0 bridgehead atoms. The Morgan fingerprint density at radius 2 is 2.00 bits per heavy atom. The molecular weight excluding hydrogens is 292 g/mol. The van der Waals surface area contributed by atoms with Crippen LogP contribution in [-0.4, -0.2) is 21.0 Å². The maximum absolute atomic E-state index is 12.2. The lowest BCUT2D eigenvalue weighted by atomic mass is 9.99. The van der Waals surface area contributed by atoms with Crippen LogP contribution in [-0.2, 0) is 16.6 Å². The van der Waals surface area contributed by atoms with Crippen molar-refractivity contribution >= 4 is 21.4 Å². The Hall–Kier alpha value is -0.430. The number of hydrogen-bond acceptors (Lipinski definition) is 4. The normalized spacial score (nSPS) is 17.6. The van der Waals surface area contributed by atoms with Gasteiger partial charge in [0, 0.05) is 24.0 Å². The van der Waals surface area contributed by atoms with Crippen LogP contribution in [0.4, 0.5) is 0 Å². The topological polar surface area (TPSA) is 58.2 Å². The van der Waals surface area contributed by atoms with Crippen molar-refractivity contribution in [2.24, 2.45) is 11.8 Å². The van der Waals surface area contributed by atoms with E-state index in [9.17, 15) is 8.42 Å². The van der Waals surface area contributed by atoms with Crippen molar-refractivity contribution in [2.45, 2.75) is 50.4 Å². The van der Waals surface area contributed by atoms with Gasteiger partial charge in [-0.25, -0.2) is 13.1 Å². The van der Waals surface area contributed by atoms with Gasteiger partial charge in [0.25, 0.3) is 0 Å². The summed E-state index contributed by atoms with van der Waals surface area (Å²) in [7, 11) is -3.35. The first-order valence-electron chi connectivity index (χ1n) is 7.20. The standard InChI is InChI=1S/C14H24N2O2S2/c1-10(2)11(3)8-16-20(17,18)14-7-6-13(19-14)9-15-12-4-5-12/h6-7,10-12,15-16H,4-5,8-9H2,1-3H3. The molecule has 1 aliphatic rings. The molecule has 1 aromatic rings. The van der Waals surface area contributed by atoms with E-state index in [4.69, 9.17) is 0 Å². The Kier molecular flexibility index (Phi) is 5.23. The van der Waals surface area contributed by atoms with Crippen LogP contribution in [0, 0.1) is 11.8 Å². The van der Waals surface area contributed by atoms with Gasteiger partial charge in [-0.3, -0.25) is 0 Å². The van der Waals surface area contributed by atoms with Crippen LogP contribution >= 0.6 is 11.3 Å². The molecule has 2 rings (SSSR count). The SMILES string of the molecule is CC(C)C(C)CNS(=O)(=O)c1ccc(CNC2CC2)s1. The smallest absolute Gasteiger partial charge is 0.250 e. The monoisotopic (exact) mass is 316 g/mol. The second kappa shape index (κ2) is 6.56. The lowest BCUT2D eigenvalue weighted by Gasteiger charge is -2.15. The second-order valence-corrected chi connectivity index (χ2v) is 9.11. The van der Waals surface area contributed by atoms with Crippen molar-refractivity contribution in [1.82, 2.24) is 10.0 Å². The summed E-state index contributed by atoms with van der Waals surface area (Å²) in [5.74, 6) is 0.806. The highest BCUT2D eigenvalue weighted by Crippen LogP contribution is 2.24. The van der Waals surface area contributed by atoms with Crippen molar-refractivity contribution in [2.75, 3.05) is 6.54 Å². The third kappa shape index (κ3) is 4.55. The van der Waals surface area contributed by atoms with Crippen molar-refractivity contribution in [3.05, 3.63) is 17.0 Å². The van der Waals surface area contributed by atoms with Crippen molar-refractivity contribution in [3.8, 4) is 0 Å². The van der Waals surface area contributed by atoms with Gasteiger partial charge in [0.05, 0.1) is 0 Å². The Bertz CT molecular complexity index is 533. The molecule has 1 atom stereocenters. The van der Waals surface area contributed by atoms with Crippen molar-refractivity contribution in [3.63, 3.8) is 0 Å². The quantitative estimate of drug-likeness (QED) is 0.775. The molecule has 1 aliphatic carbocycles. The Labute approximate surface area is 126 Å². The summed E-state index contributed by atoms with van der Waals surface area (Å²) in [6, 6.07) is 4.25. The first-order valence-corrected chi connectivity index (χ1v) is 9.50. The van der Waals surface area contributed by atoms with Crippen LogP contribution < -0.4 is 10.0 Å². The molecule has 20 heavy (non-hydrogen) atoms. The Morgan fingerprint density at radius 3 is 2.60 bits per heavy atom. The fourth-order valence-electron chi connectivity index (χ4n) is 1.68. The third-order valence-corrected chi connectivity index (χ3v) is 6.78. The molecule has 1 saturated carbocycles. The number of rotatable bonds is 8. The molecule has 4 nitrogen and oxygen atoms in total. The lowest BCUT2D eigenvalue weighted by Crippen LogP contribution is -2.29. The van der Waals surface area contributed by atoms with Gasteiger partial charge >= 0.3 is 0 Å². The average Bonchev–Trinajstić information content (AvgIpc) is 3.09. The molecule has 0 saturated heterocycles. The molecule has 0 radical (unpaired) electrons. The summed E-state index contributed by atoms with van der Waals surface area (Å²) in [4.78, 5) is 1.08. The predicted octanol–water partition coefficient (Wildman–Crippen LogP) is 2.57. The average molecular weight is 316 g/mol. The minimum absolute atomic E-state index is 0.334. The molecule has 2 N–H and O–H groups in total. The van der Waals surface area contributed by atoms with Gasteiger partial charge in [-0.15, -0.1) is 11.3 Å². The van der Waals surface area contributed by atoms with Crippen LogP contribution in [0.15, 0.2) is 16.3 Å². The van der Waals surface area contributed by atoms with E-state index in [0.29, 0.717) is 28.6 Å². The minimum atomic E-state index is -3.35. The second-order valence-electron chi connectivity index (χ2n) is 5.95. The molecule has 0 amide bonds. The molecule has 6 heteroatoms. The third-order valence-electron chi connectivity index (χ3n) is 3.78. The van der Waals surface area contributed by atoms with E-state index in [-0.39, 0.29) is 0 Å². The highest BCUT2D eigenvalue weighted by atomic mass is 32.2. The summed E-state index contributed by atoms with van der Waals surface area (Å²) in [5, 5.41) is 3.40. The summed E-state index contributed by atoms with van der Waals surface area (Å²) in [6.45, 7) is 7.53. The highest BCUT2D eigenvalue weighted by Gasteiger charge is 2.22. The largest absolute Gasteiger partial charge is 0.309 e. The summed E-state index contributed by atoms with van der Waals surface area (Å²) in [5.41, 5.74) is 0. The van der Waals surface area contributed by atoms with E-state index in [0.717, 1.165) is 11.4 Å². The Balaban J connectivity index is 1.90. The summed E-state index contributed by atoms with van der Waals surface area (Å²) >= 11 is 1.36. The molecule has 0 aliphatic heterocycles. The zero-order valence-corrected chi connectivity index (χ0v) is 14.0. The van der Waals surface area contributed by atoms with Crippen molar-refractivity contribution in [1.29, 1.82) is 0 Å². The van der Waals surface area contributed by atoms with Gasteiger partial charge in [0.1, 0.15) is 4.21 Å². The van der Waals surface area contributed by atoms with E-state index in [2.05, 4.69) is 30.8 Å². The zero-order valence-electron chi connectivity index (χ0n) is 12.3. The predicted molar refractivity (Wildman–Crippen MR) is 83.4 cm³/mol. The number of nitrogens with one attached hydrogen (secondary N) is 2. The molecule has 1 heterocycles. The number of sulfonamides is 1. The van der Waals surface area contributed by atoms with E-state index >= 15 is 0 Å². The van der Waals surface area contributed by atoms with Gasteiger partial charge in [0.2, 0.25) is 10.0 Å². The first-order chi connectivity index (χ1) is 9.38.